The minimum absolute atomic E-state index is 0.0181. The molecule has 0 spiro atoms. The number of rotatable bonds is 6. The first kappa shape index (κ1) is 28.0. The van der Waals surface area contributed by atoms with Crippen LogP contribution in [0.4, 0.5) is 5.69 Å². The third kappa shape index (κ3) is 5.66. The first-order valence-electron chi connectivity index (χ1n) is 14.2. The Kier molecular flexibility index (Phi) is 6.89. The number of H-pyrrole nitrogens is 1. The van der Waals surface area contributed by atoms with Gasteiger partial charge in [-0.15, -0.1) is 0 Å². The lowest BCUT2D eigenvalue weighted by Gasteiger charge is -2.24. The summed E-state index contributed by atoms with van der Waals surface area (Å²) in [5, 5.41) is 0.895. The highest BCUT2D eigenvalue weighted by atomic mass is 16.6. The average Bonchev–Trinajstić information content (AvgIpc) is 3.53. The SMILES string of the molecule is CC(C)(C)OC(=O)c1ccc(-c2ccc(N3C(=O)C(C)(C)C=C3c3ccccc3)cc2)cc1Oc1cnc2[nH]ccc2c1. The summed E-state index contributed by atoms with van der Waals surface area (Å²) in [7, 11) is 0. The molecular formula is C36H33N3O4. The molecule has 0 saturated heterocycles. The highest BCUT2D eigenvalue weighted by Crippen LogP contribution is 2.41. The van der Waals surface area contributed by atoms with E-state index in [0.717, 1.165) is 39.1 Å². The van der Waals surface area contributed by atoms with E-state index < -0.39 is 17.0 Å². The minimum atomic E-state index is -0.664. The van der Waals surface area contributed by atoms with Gasteiger partial charge in [-0.1, -0.05) is 48.5 Å². The van der Waals surface area contributed by atoms with Gasteiger partial charge in [0.1, 0.15) is 28.3 Å². The molecule has 0 atom stereocenters. The summed E-state index contributed by atoms with van der Waals surface area (Å²) >= 11 is 0. The fourth-order valence-corrected chi connectivity index (χ4v) is 5.14. The van der Waals surface area contributed by atoms with Gasteiger partial charge in [0.2, 0.25) is 5.91 Å². The fraction of sp³-hybridized carbons (Fsp3) is 0.194. The Hall–Kier alpha value is -5.17. The molecule has 2 aromatic heterocycles. The lowest BCUT2D eigenvalue weighted by atomic mass is 9.94. The van der Waals surface area contributed by atoms with Crippen molar-refractivity contribution >= 4 is 34.3 Å². The van der Waals surface area contributed by atoms with Gasteiger partial charge >= 0.3 is 5.97 Å². The number of ether oxygens (including phenoxy) is 2. The maximum Gasteiger partial charge on any atom is 0.342 e. The molecule has 3 heterocycles. The van der Waals surface area contributed by atoms with Crippen molar-refractivity contribution in [2.24, 2.45) is 5.41 Å². The quantitative estimate of drug-likeness (QED) is 0.207. The summed E-state index contributed by atoms with van der Waals surface area (Å²) < 4.78 is 11.9. The number of carbonyl (C=O) groups is 2. The van der Waals surface area contributed by atoms with Gasteiger partial charge in [-0.05, 0) is 93.8 Å². The Labute approximate surface area is 250 Å². The van der Waals surface area contributed by atoms with Gasteiger partial charge in [0, 0.05) is 17.3 Å². The van der Waals surface area contributed by atoms with Crippen molar-refractivity contribution in [3.8, 4) is 22.6 Å². The van der Waals surface area contributed by atoms with Crippen LogP contribution in [0, 0.1) is 5.41 Å². The molecule has 7 heteroatoms. The van der Waals surface area contributed by atoms with E-state index in [2.05, 4.69) is 9.97 Å². The van der Waals surface area contributed by atoms with Gasteiger partial charge in [0.05, 0.1) is 17.3 Å². The molecule has 1 amide bonds. The van der Waals surface area contributed by atoms with Crippen molar-refractivity contribution in [1.29, 1.82) is 0 Å². The lowest BCUT2D eigenvalue weighted by molar-refractivity contribution is -0.122. The molecule has 43 heavy (non-hydrogen) atoms. The molecule has 0 saturated carbocycles. The summed E-state index contributed by atoms with van der Waals surface area (Å²) in [4.78, 5) is 35.9. The number of nitrogens with zero attached hydrogens (tertiary/aromatic N) is 2. The number of esters is 1. The first-order valence-corrected chi connectivity index (χ1v) is 14.2. The van der Waals surface area contributed by atoms with Crippen LogP contribution in [0.25, 0.3) is 27.9 Å². The summed E-state index contributed by atoms with van der Waals surface area (Å²) in [6.45, 7) is 9.36. The van der Waals surface area contributed by atoms with E-state index in [-0.39, 0.29) is 5.91 Å². The highest BCUT2D eigenvalue weighted by molar-refractivity contribution is 6.14. The minimum Gasteiger partial charge on any atom is -0.456 e. The van der Waals surface area contributed by atoms with Gasteiger partial charge in [-0.25, -0.2) is 9.78 Å². The zero-order valence-electron chi connectivity index (χ0n) is 24.8. The summed E-state index contributed by atoms with van der Waals surface area (Å²) in [6, 6.07) is 26.9. The number of amides is 1. The van der Waals surface area contributed by atoms with Crippen LogP contribution in [0.5, 0.6) is 11.5 Å². The van der Waals surface area contributed by atoms with Gasteiger partial charge < -0.3 is 14.5 Å². The number of aromatic amines is 1. The van der Waals surface area contributed by atoms with Crippen LogP contribution in [0.1, 0.15) is 50.5 Å². The standard InChI is InChI=1S/C36H33N3O4/c1-35(2,3)43-33(40)29-16-13-25(20-31(29)42-28-19-26-17-18-37-32(26)38-22-28)23-11-14-27(15-12-23)39-30(21-36(4,5)34(39)41)24-9-7-6-8-10-24/h6-22H,1-5H3,(H,37,38). The number of hydrogen-bond acceptors (Lipinski definition) is 5. The Morgan fingerprint density at radius 1 is 0.884 bits per heavy atom. The number of aromatic nitrogens is 2. The van der Waals surface area contributed by atoms with Crippen molar-refractivity contribution in [2.45, 2.75) is 40.2 Å². The Morgan fingerprint density at radius 3 is 2.33 bits per heavy atom. The van der Waals surface area contributed by atoms with Crippen LogP contribution in [0.2, 0.25) is 0 Å². The number of nitrogens with one attached hydrogen (secondary N) is 1. The molecule has 0 unspecified atom stereocenters. The Morgan fingerprint density at radius 2 is 1.60 bits per heavy atom. The second-order valence-electron chi connectivity index (χ2n) is 12.2. The van der Waals surface area contributed by atoms with E-state index >= 15 is 0 Å². The summed E-state index contributed by atoms with van der Waals surface area (Å²) in [5.41, 5.74) is 4.16. The molecule has 3 aromatic carbocycles. The lowest BCUT2D eigenvalue weighted by Crippen LogP contribution is -2.32. The van der Waals surface area contributed by atoms with Crippen LogP contribution in [-0.4, -0.2) is 27.4 Å². The van der Waals surface area contributed by atoms with Gasteiger partial charge in [0.25, 0.3) is 0 Å². The first-order chi connectivity index (χ1) is 20.5. The number of pyridine rings is 1. The second kappa shape index (κ2) is 10.6. The second-order valence-corrected chi connectivity index (χ2v) is 12.2. The molecule has 1 N–H and O–H groups in total. The summed E-state index contributed by atoms with van der Waals surface area (Å²) in [5.74, 6) is 0.401. The maximum absolute atomic E-state index is 13.5. The van der Waals surface area contributed by atoms with Crippen LogP contribution >= 0.6 is 0 Å². The number of fused-ring (bicyclic) bond motifs is 1. The van der Waals surface area contributed by atoms with Crippen LogP contribution in [-0.2, 0) is 9.53 Å². The van der Waals surface area contributed by atoms with E-state index in [4.69, 9.17) is 9.47 Å². The van der Waals surface area contributed by atoms with Crippen molar-refractivity contribution in [3.63, 3.8) is 0 Å². The van der Waals surface area contributed by atoms with Crippen LogP contribution < -0.4 is 9.64 Å². The number of carbonyl (C=O) groups excluding carboxylic acids is 2. The third-order valence-electron chi connectivity index (χ3n) is 7.22. The number of benzene rings is 3. The molecule has 5 aromatic rings. The molecule has 0 aliphatic carbocycles. The normalized spacial score (nSPS) is 14.6. The molecule has 6 rings (SSSR count). The van der Waals surface area contributed by atoms with E-state index in [1.54, 1.807) is 17.2 Å². The van der Waals surface area contributed by atoms with Gasteiger partial charge in [-0.3, -0.25) is 9.69 Å². The molecule has 0 fully saturated rings. The smallest absolute Gasteiger partial charge is 0.342 e. The maximum atomic E-state index is 13.5. The molecule has 0 radical (unpaired) electrons. The number of hydrogen-bond donors (Lipinski definition) is 1. The van der Waals surface area contributed by atoms with E-state index in [0.29, 0.717) is 17.1 Å². The van der Waals surface area contributed by atoms with E-state index in [1.165, 1.54) is 0 Å². The van der Waals surface area contributed by atoms with Crippen molar-refractivity contribution in [3.05, 3.63) is 115 Å². The molecule has 1 aliphatic heterocycles. The zero-order valence-corrected chi connectivity index (χ0v) is 24.8. The Balaban J connectivity index is 1.34. The third-order valence-corrected chi connectivity index (χ3v) is 7.22. The molecule has 0 bridgehead atoms. The number of anilines is 1. The monoisotopic (exact) mass is 571 g/mol. The molecular weight excluding hydrogens is 538 g/mol. The van der Waals surface area contributed by atoms with E-state index in [9.17, 15) is 9.59 Å². The van der Waals surface area contributed by atoms with Crippen LogP contribution in [0.15, 0.2) is 103 Å². The van der Waals surface area contributed by atoms with E-state index in [1.807, 2.05) is 126 Å². The molecule has 7 nitrogen and oxygen atoms in total. The van der Waals surface area contributed by atoms with Crippen molar-refractivity contribution in [1.82, 2.24) is 9.97 Å². The summed E-state index contributed by atoms with van der Waals surface area (Å²) in [6.07, 6.45) is 5.45. The van der Waals surface area contributed by atoms with Crippen molar-refractivity contribution in [2.75, 3.05) is 4.90 Å². The topological polar surface area (TPSA) is 84.5 Å². The predicted octanol–water partition coefficient (Wildman–Crippen LogP) is 8.39. The molecule has 1 aliphatic rings. The highest BCUT2D eigenvalue weighted by Gasteiger charge is 2.40. The van der Waals surface area contributed by atoms with Gasteiger partial charge in [-0.2, -0.15) is 0 Å². The molecule has 216 valence electrons. The zero-order chi connectivity index (χ0) is 30.4. The fourth-order valence-electron chi connectivity index (χ4n) is 5.14. The van der Waals surface area contributed by atoms with Crippen molar-refractivity contribution < 1.29 is 19.1 Å². The van der Waals surface area contributed by atoms with Gasteiger partial charge in [0.15, 0.2) is 0 Å². The van der Waals surface area contributed by atoms with Crippen LogP contribution in [0.3, 0.4) is 0 Å². The Bertz CT molecular complexity index is 1860. The largest absolute Gasteiger partial charge is 0.456 e. The average molecular weight is 572 g/mol. The predicted molar refractivity (Wildman–Crippen MR) is 169 cm³/mol.